The monoisotopic (exact) mass is 543 g/mol. The summed E-state index contributed by atoms with van der Waals surface area (Å²) >= 11 is 0. The van der Waals surface area contributed by atoms with Crippen LogP contribution in [0.1, 0.15) is 69.1 Å². The molecule has 0 saturated carbocycles. The zero-order chi connectivity index (χ0) is 27.9. The number of nitrogens with zero attached hydrogens (tertiary/aromatic N) is 3. The first kappa shape index (κ1) is 28.7. The lowest BCUT2D eigenvalue weighted by molar-refractivity contribution is -0.143. The zero-order valence-corrected chi connectivity index (χ0v) is 23.5. The Labute approximate surface area is 230 Å². The first-order chi connectivity index (χ1) is 18.9. The van der Waals surface area contributed by atoms with Gasteiger partial charge in [0.25, 0.3) is 0 Å². The Morgan fingerprint density at radius 2 is 1.92 bits per heavy atom. The molecule has 2 aliphatic heterocycles. The van der Waals surface area contributed by atoms with Crippen molar-refractivity contribution < 1.29 is 33.3 Å². The van der Waals surface area contributed by atoms with Gasteiger partial charge in [-0.15, -0.1) is 0 Å². The highest BCUT2D eigenvalue weighted by Gasteiger charge is 2.47. The first-order valence-corrected chi connectivity index (χ1v) is 14.0. The molecule has 10 nitrogen and oxygen atoms in total. The number of carboxylic acids is 1. The molecule has 2 aromatic rings. The van der Waals surface area contributed by atoms with Crippen LogP contribution in [0.15, 0.2) is 22.7 Å². The lowest BCUT2D eigenvalue weighted by Gasteiger charge is -2.29. The Hall–Kier alpha value is -3.27. The standard InChI is InChI=1S/C29H41N3O7/c1-5-7-11-31(12-8-6-2)26(33)17-32-16-21(20-13-23(36-4)28-24(14-20)37-18-38-28)27(29(34)35)22(32)9-10-25-30-15-19(3)39-25/h13-15,21-22,27H,5-12,16-18H2,1-4H3,(H,34,35)/t21-,22+,27-/m1/s1. The summed E-state index contributed by atoms with van der Waals surface area (Å²) in [6, 6.07) is 3.31. The van der Waals surface area contributed by atoms with Crippen molar-refractivity contribution in [2.75, 3.05) is 40.1 Å². The Balaban J connectivity index is 1.63. The molecule has 4 rings (SSSR count). The number of hydrogen-bond donors (Lipinski definition) is 1. The topological polar surface area (TPSA) is 115 Å². The number of aliphatic carboxylic acids is 1. The second-order valence-corrected chi connectivity index (χ2v) is 10.4. The number of carbonyl (C=O) groups excluding carboxylic acids is 1. The van der Waals surface area contributed by atoms with Crippen LogP contribution in [-0.2, 0) is 16.0 Å². The molecule has 0 bridgehead atoms. The highest BCUT2D eigenvalue weighted by atomic mass is 16.7. The summed E-state index contributed by atoms with van der Waals surface area (Å²) in [5.74, 6) is 0.909. The van der Waals surface area contributed by atoms with E-state index in [0.717, 1.165) is 31.2 Å². The minimum atomic E-state index is -0.894. The number of ether oxygens (including phenoxy) is 3. The van der Waals surface area contributed by atoms with Gasteiger partial charge in [-0.1, -0.05) is 26.7 Å². The Bertz CT molecular complexity index is 1130. The molecule has 1 aromatic heterocycles. The number of carbonyl (C=O) groups is 2. The molecule has 0 aliphatic carbocycles. The normalized spacial score (nSPS) is 20.4. The lowest BCUT2D eigenvalue weighted by atomic mass is 9.83. The van der Waals surface area contributed by atoms with E-state index in [-0.39, 0.29) is 31.2 Å². The van der Waals surface area contributed by atoms with Crippen molar-refractivity contribution in [2.45, 2.75) is 71.3 Å². The Morgan fingerprint density at radius 1 is 1.18 bits per heavy atom. The largest absolute Gasteiger partial charge is 0.493 e. The average molecular weight is 544 g/mol. The molecule has 1 amide bonds. The SMILES string of the molecule is CCCCN(CCCC)C(=O)CN1C[C@H](c2cc(OC)c3c(c2)OCO3)[C@@H](C(=O)O)[C@@H]1CCc1ncc(C)o1. The van der Waals surface area contributed by atoms with Crippen LogP contribution < -0.4 is 14.2 Å². The van der Waals surface area contributed by atoms with Crippen LogP contribution in [0.2, 0.25) is 0 Å². The summed E-state index contributed by atoms with van der Waals surface area (Å²) in [6.07, 6.45) is 6.56. The summed E-state index contributed by atoms with van der Waals surface area (Å²) in [4.78, 5) is 34.7. The van der Waals surface area contributed by atoms with Crippen LogP contribution in [0, 0.1) is 12.8 Å². The fourth-order valence-electron chi connectivity index (χ4n) is 5.68. The van der Waals surface area contributed by atoms with Crippen molar-refractivity contribution >= 4 is 11.9 Å². The number of benzene rings is 1. The number of hydrogen-bond acceptors (Lipinski definition) is 8. The molecule has 0 spiro atoms. The molecule has 1 N–H and O–H groups in total. The van der Waals surface area contributed by atoms with E-state index in [1.807, 2.05) is 28.9 Å². The van der Waals surface area contributed by atoms with Crippen molar-refractivity contribution in [1.82, 2.24) is 14.8 Å². The maximum absolute atomic E-state index is 13.6. The van der Waals surface area contributed by atoms with Gasteiger partial charge in [0.2, 0.25) is 18.4 Å². The van der Waals surface area contributed by atoms with Crippen LogP contribution in [-0.4, -0.2) is 77.9 Å². The highest BCUT2D eigenvalue weighted by molar-refractivity contribution is 5.79. The van der Waals surface area contributed by atoms with Crippen LogP contribution in [0.5, 0.6) is 17.2 Å². The Morgan fingerprint density at radius 3 is 2.54 bits per heavy atom. The summed E-state index contributed by atoms with van der Waals surface area (Å²) < 4.78 is 22.4. The van der Waals surface area contributed by atoms with Gasteiger partial charge in [0.15, 0.2) is 17.4 Å². The maximum atomic E-state index is 13.6. The molecular formula is C29H41N3O7. The number of rotatable bonds is 14. The van der Waals surface area contributed by atoms with E-state index < -0.39 is 11.9 Å². The summed E-state index contributed by atoms with van der Waals surface area (Å²) in [6.45, 7) is 8.19. The van der Waals surface area contributed by atoms with Gasteiger partial charge in [0, 0.05) is 38.0 Å². The third-order valence-electron chi connectivity index (χ3n) is 7.72. The maximum Gasteiger partial charge on any atom is 0.308 e. The van der Waals surface area contributed by atoms with Crippen LogP contribution in [0.4, 0.5) is 0 Å². The van der Waals surface area contributed by atoms with Gasteiger partial charge in [-0.3, -0.25) is 14.5 Å². The molecule has 1 fully saturated rings. The minimum Gasteiger partial charge on any atom is -0.493 e. The van der Waals surface area contributed by atoms with Gasteiger partial charge in [0.05, 0.1) is 25.8 Å². The van der Waals surface area contributed by atoms with Gasteiger partial charge in [-0.2, -0.15) is 0 Å². The van der Waals surface area contributed by atoms with E-state index in [1.54, 1.807) is 13.3 Å². The van der Waals surface area contributed by atoms with Gasteiger partial charge in [-0.05, 0) is 43.9 Å². The number of fused-ring (bicyclic) bond motifs is 1. The number of amides is 1. The fraction of sp³-hybridized carbons (Fsp3) is 0.621. The minimum absolute atomic E-state index is 0.0434. The second kappa shape index (κ2) is 13.2. The molecule has 10 heteroatoms. The Kier molecular flexibility index (Phi) is 9.72. The third kappa shape index (κ3) is 6.66. The van der Waals surface area contributed by atoms with Gasteiger partial charge in [-0.25, -0.2) is 4.98 Å². The number of methoxy groups -OCH3 is 1. The highest BCUT2D eigenvalue weighted by Crippen LogP contribution is 2.47. The van der Waals surface area contributed by atoms with Crippen molar-refractivity contribution in [3.8, 4) is 17.2 Å². The number of carboxylic acid groups (broad SMARTS) is 1. The molecule has 214 valence electrons. The van der Waals surface area contributed by atoms with E-state index in [1.165, 1.54) is 0 Å². The average Bonchev–Trinajstić information content (AvgIpc) is 3.65. The zero-order valence-electron chi connectivity index (χ0n) is 23.5. The van der Waals surface area contributed by atoms with Gasteiger partial charge in [0.1, 0.15) is 5.76 Å². The summed E-state index contributed by atoms with van der Waals surface area (Å²) in [5.41, 5.74) is 0.796. The van der Waals surface area contributed by atoms with E-state index in [4.69, 9.17) is 18.6 Å². The quantitative estimate of drug-likeness (QED) is 0.373. The van der Waals surface area contributed by atoms with Crippen LogP contribution >= 0.6 is 0 Å². The number of aryl methyl sites for hydroxylation is 2. The van der Waals surface area contributed by atoms with E-state index in [9.17, 15) is 14.7 Å². The first-order valence-electron chi connectivity index (χ1n) is 14.0. The number of unbranched alkanes of at least 4 members (excludes halogenated alkanes) is 2. The van der Waals surface area contributed by atoms with Gasteiger partial charge >= 0.3 is 5.97 Å². The molecule has 1 saturated heterocycles. The predicted octanol–water partition coefficient (Wildman–Crippen LogP) is 4.25. The molecule has 39 heavy (non-hydrogen) atoms. The number of aromatic nitrogens is 1. The molecule has 2 aliphatic rings. The molecule has 1 aromatic carbocycles. The van der Waals surface area contributed by atoms with Crippen LogP contribution in [0.3, 0.4) is 0 Å². The third-order valence-corrected chi connectivity index (χ3v) is 7.72. The van der Waals surface area contributed by atoms with Crippen molar-refractivity contribution in [3.05, 3.63) is 35.5 Å². The van der Waals surface area contributed by atoms with Crippen molar-refractivity contribution in [1.29, 1.82) is 0 Å². The second-order valence-electron chi connectivity index (χ2n) is 10.4. The van der Waals surface area contributed by atoms with E-state index in [0.29, 0.717) is 61.4 Å². The molecule has 3 heterocycles. The smallest absolute Gasteiger partial charge is 0.308 e. The number of oxazole rings is 1. The van der Waals surface area contributed by atoms with E-state index >= 15 is 0 Å². The molecular weight excluding hydrogens is 502 g/mol. The predicted molar refractivity (Wildman–Crippen MR) is 144 cm³/mol. The summed E-state index contributed by atoms with van der Waals surface area (Å²) in [5, 5.41) is 10.5. The van der Waals surface area contributed by atoms with E-state index in [2.05, 4.69) is 18.8 Å². The van der Waals surface area contributed by atoms with Crippen LogP contribution in [0.25, 0.3) is 0 Å². The molecule has 3 atom stereocenters. The molecule has 0 radical (unpaired) electrons. The molecule has 0 unspecified atom stereocenters. The van der Waals surface area contributed by atoms with Crippen molar-refractivity contribution in [3.63, 3.8) is 0 Å². The fourth-order valence-corrected chi connectivity index (χ4v) is 5.68. The van der Waals surface area contributed by atoms with Crippen molar-refractivity contribution in [2.24, 2.45) is 5.92 Å². The lowest BCUT2D eigenvalue weighted by Crippen LogP contribution is -2.44. The number of likely N-dealkylation sites (tertiary alicyclic amines) is 1. The summed E-state index contributed by atoms with van der Waals surface area (Å²) in [7, 11) is 1.55. The van der Waals surface area contributed by atoms with Gasteiger partial charge < -0.3 is 28.6 Å².